The van der Waals surface area contributed by atoms with Crippen molar-refractivity contribution in [2.45, 2.75) is 72.1 Å². The summed E-state index contributed by atoms with van der Waals surface area (Å²) in [4.78, 5) is 13.3. The van der Waals surface area contributed by atoms with E-state index in [0.29, 0.717) is 17.8 Å². The molecule has 1 unspecified atom stereocenters. The first kappa shape index (κ1) is 20.5. The monoisotopic (exact) mass is 333 g/mol. The molecule has 0 amide bonds. The zero-order valence-electron chi connectivity index (χ0n) is 15.8. The molecular weight excluding hydrogens is 298 g/mol. The Morgan fingerprint density at radius 3 is 2.42 bits per heavy atom. The first-order valence-corrected chi connectivity index (χ1v) is 9.69. The van der Waals surface area contributed by atoms with Crippen molar-refractivity contribution in [3.8, 4) is 5.75 Å². The number of aldehydes is 1. The van der Waals surface area contributed by atoms with Gasteiger partial charge < -0.3 is 10.0 Å². The van der Waals surface area contributed by atoms with E-state index < -0.39 is 0 Å². The molecule has 0 heterocycles. The van der Waals surface area contributed by atoms with Gasteiger partial charge in [-0.25, -0.2) is 0 Å². The van der Waals surface area contributed by atoms with Crippen LogP contribution in [0.4, 0.5) is 5.69 Å². The molecule has 24 heavy (non-hydrogen) atoms. The van der Waals surface area contributed by atoms with Crippen molar-refractivity contribution in [2.75, 3.05) is 18.0 Å². The third-order valence-corrected chi connectivity index (χ3v) is 4.81. The molecule has 1 N–H and O–H groups in total. The minimum absolute atomic E-state index is 0.0858. The van der Waals surface area contributed by atoms with Gasteiger partial charge in [-0.1, -0.05) is 59.3 Å². The summed E-state index contributed by atoms with van der Waals surface area (Å²) in [6.07, 6.45) is 10.6. The Morgan fingerprint density at radius 1 is 1.08 bits per heavy atom. The molecule has 136 valence electrons. The van der Waals surface area contributed by atoms with Gasteiger partial charge in [0.05, 0.1) is 5.56 Å². The number of unbranched alkanes of at least 4 members (excludes halogenated alkanes) is 4. The number of carbonyl (C=O) groups excluding carboxylic acids is 1. The van der Waals surface area contributed by atoms with Crippen LogP contribution in [0, 0.1) is 5.92 Å². The van der Waals surface area contributed by atoms with Crippen LogP contribution in [0.5, 0.6) is 5.75 Å². The van der Waals surface area contributed by atoms with Gasteiger partial charge in [-0.2, -0.15) is 0 Å². The van der Waals surface area contributed by atoms with Gasteiger partial charge in [-0.15, -0.1) is 0 Å². The minimum Gasteiger partial charge on any atom is -0.507 e. The number of hydrogen-bond donors (Lipinski definition) is 1. The summed E-state index contributed by atoms with van der Waals surface area (Å²) < 4.78 is 0. The topological polar surface area (TPSA) is 40.5 Å². The van der Waals surface area contributed by atoms with Crippen molar-refractivity contribution in [1.29, 1.82) is 0 Å². The second-order valence-electron chi connectivity index (χ2n) is 6.78. The van der Waals surface area contributed by atoms with Gasteiger partial charge in [0.2, 0.25) is 0 Å². The van der Waals surface area contributed by atoms with E-state index in [4.69, 9.17) is 0 Å². The highest BCUT2D eigenvalue weighted by atomic mass is 16.3. The van der Waals surface area contributed by atoms with E-state index in [1.165, 1.54) is 51.4 Å². The van der Waals surface area contributed by atoms with Crippen molar-refractivity contribution < 1.29 is 9.90 Å². The molecule has 0 fully saturated rings. The highest BCUT2D eigenvalue weighted by molar-refractivity contribution is 5.80. The molecule has 0 aliphatic carbocycles. The predicted molar refractivity (Wildman–Crippen MR) is 103 cm³/mol. The number of hydrogen-bond acceptors (Lipinski definition) is 3. The third kappa shape index (κ3) is 6.94. The van der Waals surface area contributed by atoms with E-state index in [1.54, 1.807) is 12.1 Å². The molecule has 3 heteroatoms. The van der Waals surface area contributed by atoms with Gasteiger partial charge in [0.15, 0.2) is 6.29 Å². The van der Waals surface area contributed by atoms with E-state index in [9.17, 15) is 9.90 Å². The second-order valence-corrected chi connectivity index (χ2v) is 6.78. The van der Waals surface area contributed by atoms with Crippen molar-refractivity contribution in [2.24, 2.45) is 5.92 Å². The lowest BCUT2D eigenvalue weighted by molar-refractivity contribution is 0.112. The summed E-state index contributed by atoms with van der Waals surface area (Å²) >= 11 is 0. The van der Waals surface area contributed by atoms with Crippen LogP contribution >= 0.6 is 0 Å². The fourth-order valence-corrected chi connectivity index (χ4v) is 3.11. The normalized spacial score (nSPS) is 12.1. The van der Waals surface area contributed by atoms with Gasteiger partial charge in [0.1, 0.15) is 5.75 Å². The smallest absolute Gasteiger partial charge is 0.153 e. The molecule has 0 bridgehead atoms. The number of nitrogens with zero attached hydrogens (tertiary/aromatic N) is 1. The van der Waals surface area contributed by atoms with E-state index in [1.807, 2.05) is 6.07 Å². The van der Waals surface area contributed by atoms with Gasteiger partial charge in [0.25, 0.3) is 0 Å². The van der Waals surface area contributed by atoms with Crippen molar-refractivity contribution >= 4 is 12.0 Å². The van der Waals surface area contributed by atoms with Crippen LogP contribution in [0.1, 0.15) is 82.5 Å². The molecule has 0 saturated heterocycles. The van der Waals surface area contributed by atoms with Gasteiger partial charge in [-0.05, 0) is 30.9 Å². The molecule has 0 saturated carbocycles. The highest BCUT2D eigenvalue weighted by Crippen LogP contribution is 2.26. The van der Waals surface area contributed by atoms with Crippen molar-refractivity contribution in [3.63, 3.8) is 0 Å². The molecule has 3 nitrogen and oxygen atoms in total. The summed E-state index contributed by atoms with van der Waals surface area (Å²) in [5.41, 5.74) is 1.40. The summed E-state index contributed by atoms with van der Waals surface area (Å²) in [6, 6.07) is 5.44. The van der Waals surface area contributed by atoms with Crippen molar-refractivity contribution in [1.82, 2.24) is 0 Å². The van der Waals surface area contributed by atoms with Crippen LogP contribution in [0.2, 0.25) is 0 Å². The summed E-state index contributed by atoms with van der Waals surface area (Å²) in [6.45, 7) is 8.78. The molecule has 0 radical (unpaired) electrons. The molecule has 1 rings (SSSR count). The number of aromatic hydroxyl groups is 1. The van der Waals surface area contributed by atoms with Crippen LogP contribution in [0.3, 0.4) is 0 Å². The Bertz CT molecular complexity index is 473. The van der Waals surface area contributed by atoms with E-state index in [0.717, 1.165) is 18.8 Å². The highest BCUT2D eigenvalue weighted by Gasteiger charge is 2.14. The number of phenolic OH excluding ortho intramolecular Hbond substituents is 1. The lowest BCUT2D eigenvalue weighted by atomic mass is 9.98. The van der Waals surface area contributed by atoms with Crippen molar-refractivity contribution in [3.05, 3.63) is 23.8 Å². The van der Waals surface area contributed by atoms with Crippen LogP contribution in [0.25, 0.3) is 0 Å². The summed E-state index contributed by atoms with van der Waals surface area (Å²) in [5.74, 6) is 0.770. The molecule has 1 aromatic carbocycles. The number of rotatable bonds is 13. The van der Waals surface area contributed by atoms with Crippen LogP contribution in [0.15, 0.2) is 18.2 Å². The number of phenols is 1. The predicted octanol–water partition coefficient (Wildman–Crippen LogP) is 5.81. The molecule has 0 aliphatic rings. The first-order valence-electron chi connectivity index (χ1n) is 9.69. The average molecular weight is 334 g/mol. The summed E-state index contributed by atoms with van der Waals surface area (Å²) in [5, 5.41) is 10.0. The maximum atomic E-state index is 10.9. The lowest BCUT2D eigenvalue weighted by Gasteiger charge is -2.29. The zero-order valence-corrected chi connectivity index (χ0v) is 15.8. The molecular formula is C21H35NO2. The quantitative estimate of drug-likeness (QED) is 0.366. The van der Waals surface area contributed by atoms with Gasteiger partial charge >= 0.3 is 0 Å². The van der Waals surface area contributed by atoms with Gasteiger partial charge in [-0.3, -0.25) is 4.79 Å². The second kappa shape index (κ2) is 11.9. The molecule has 0 aliphatic heterocycles. The first-order chi connectivity index (χ1) is 11.7. The van der Waals surface area contributed by atoms with Crippen LogP contribution in [-0.4, -0.2) is 24.5 Å². The van der Waals surface area contributed by atoms with E-state index in [2.05, 4.69) is 25.7 Å². The minimum atomic E-state index is 0.0858. The Balaban J connectivity index is 2.82. The zero-order chi connectivity index (χ0) is 17.8. The molecule has 0 aromatic heterocycles. The number of anilines is 1. The Morgan fingerprint density at radius 2 is 1.83 bits per heavy atom. The van der Waals surface area contributed by atoms with E-state index >= 15 is 0 Å². The maximum absolute atomic E-state index is 10.9. The Labute approximate surface area is 148 Å². The standard InChI is InChI=1S/C21H35NO2/c1-4-7-9-10-14-22(16-18(6-3)11-8-5-2)20-13-12-19(17-23)21(24)15-20/h12-13,15,17-18,24H,4-11,14,16H2,1-3H3. The Hall–Kier alpha value is -1.51. The Kier molecular flexibility index (Phi) is 10.2. The SMILES string of the molecule is CCCCCCN(CC(CC)CCCC)c1ccc(C=O)c(O)c1. The van der Waals surface area contributed by atoms with Crippen LogP contribution < -0.4 is 4.90 Å². The molecule has 1 aromatic rings. The molecule has 0 spiro atoms. The van der Waals surface area contributed by atoms with Gasteiger partial charge in [0, 0.05) is 24.8 Å². The average Bonchev–Trinajstić information content (AvgIpc) is 2.60. The number of carbonyl (C=O) groups is 1. The fraction of sp³-hybridized carbons (Fsp3) is 0.667. The largest absolute Gasteiger partial charge is 0.507 e. The fourth-order valence-electron chi connectivity index (χ4n) is 3.11. The third-order valence-electron chi connectivity index (χ3n) is 4.81. The number of benzene rings is 1. The lowest BCUT2D eigenvalue weighted by Crippen LogP contribution is -2.30. The maximum Gasteiger partial charge on any atom is 0.153 e. The van der Waals surface area contributed by atoms with Crippen LogP contribution in [-0.2, 0) is 0 Å². The summed E-state index contributed by atoms with van der Waals surface area (Å²) in [7, 11) is 0. The van der Waals surface area contributed by atoms with E-state index in [-0.39, 0.29) is 5.75 Å². The molecule has 1 atom stereocenters.